The molecule has 3 aromatic rings. The van der Waals surface area contributed by atoms with Crippen molar-refractivity contribution in [3.63, 3.8) is 0 Å². The molecule has 0 atom stereocenters. The van der Waals surface area contributed by atoms with Crippen molar-refractivity contribution in [1.29, 1.82) is 0 Å². The summed E-state index contributed by atoms with van der Waals surface area (Å²) in [6.07, 6.45) is 1.90. The highest BCUT2D eigenvalue weighted by molar-refractivity contribution is 5.68. The molecule has 7 nitrogen and oxygen atoms in total. The molecule has 0 fully saturated rings. The lowest BCUT2D eigenvalue weighted by Crippen LogP contribution is -2.06. The van der Waals surface area contributed by atoms with E-state index in [1.165, 1.54) is 12.1 Å². The van der Waals surface area contributed by atoms with Crippen molar-refractivity contribution in [3.05, 3.63) is 30.2 Å². The van der Waals surface area contributed by atoms with Gasteiger partial charge in [0.15, 0.2) is 5.82 Å². The molecule has 124 valence electrons. The van der Waals surface area contributed by atoms with Crippen LogP contribution < -0.4 is 10.5 Å². The number of anilines is 1. The van der Waals surface area contributed by atoms with Crippen molar-refractivity contribution in [1.82, 2.24) is 24.3 Å². The molecule has 3 heterocycles. The number of nitrogen functional groups attached to an aromatic ring is 1. The molecule has 2 N–H and O–H groups in total. The number of nitrogens with zero attached hydrogens (tertiary/aromatic N) is 5. The number of fused-ring (bicyclic) bond motifs is 3. The van der Waals surface area contributed by atoms with Gasteiger partial charge >= 0.3 is 0 Å². The van der Waals surface area contributed by atoms with Gasteiger partial charge in [-0.25, -0.2) is 14.1 Å². The fraction of sp³-hybridized carbons (Fsp3) is 0.312. The van der Waals surface area contributed by atoms with Crippen molar-refractivity contribution in [2.24, 2.45) is 0 Å². The van der Waals surface area contributed by atoms with Gasteiger partial charge in [0.2, 0.25) is 5.95 Å². The lowest BCUT2D eigenvalue weighted by molar-refractivity contribution is 0.305. The van der Waals surface area contributed by atoms with Crippen molar-refractivity contribution >= 4 is 5.95 Å². The highest BCUT2D eigenvalue weighted by atomic mass is 19.1. The zero-order chi connectivity index (χ0) is 16.8. The van der Waals surface area contributed by atoms with Gasteiger partial charge < -0.3 is 15.0 Å². The molecule has 24 heavy (non-hydrogen) atoms. The first-order chi connectivity index (χ1) is 11.5. The Morgan fingerprint density at radius 3 is 2.88 bits per heavy atom. The molecule has 0 aliphatic carbocycles. The number of benzene rings is 1. The molecule has 1 aromatic carbocycles. The Morgan fingerprint density at radius 2 is 2.08 bits per heavy atom. The average molecular weight is 328 g/mol. The average Bonchev–Trinajstić information content (AvgIpc) is 3.07. The van der Waals surface area contributed by atoms with Crippen LogP contribution in [0.15, 0.2) is 24.4 Å². The Kier molecular flexibility index (Phi) is 3.26. The maximum atomic E-state index is 13.5. The minimum Gasteiger partial charge on any atom is -0.491 e. The van der Waals surface area contributed by atoms with E-state index in [1.807, 2.05) is 24.6 Å². The Labute approximate surface area is 137 Å². The third-order valence-corrected chi connectivity index (χ3v) is 3.92. The van der Waals surface area contributed by atoms with E-state index >= 15 is 0 Å². The van der Waals surface area contributed by atoms with Crippen molar-refractivity contribution < 1.29 is 9.13 Å². The number of hydrogen-bond donors (Lipinski definition) is 1. The smallest absolute Gasteiger partial charge is 0.240 e. The standard InChI is InChI=1S/C16H17FN6O/c1-9(2)23-15(20-16(18)21-23)12-8-22-5-6-24-13-7-10(17)3-4-11(13)14(22)19-12/h3-4,7-9H,5-6H2,1-2H3,(H2,18,21). The van der Waals surface area contributed by atoms with Crippen LogP contribution in [0.25, 0.3) is 22.9 Å². The summed E-state index contributed by atoms with van der Waals surface area (Å²) in [6.45, 7) is 5.07. The minimum absolute atomic E-state index is 0.107. The van der Waals surface area contributed by atoms with Gasteiger partial charge in [-0.15, -0.1) is 5.10 Å². The number of nitrogens with two attached hydrogens (primary N) is 1. The van der Waals surface area contributed by atoms with Gasteiger partial charge in [-0.05, 0) is 26.0 Å². The lowest BCUT2D eigenvalue weighted by atomic mass is 10.2. The van der Waals surface area contributed by atoms with Crippen LogP contribution in [0.3, 0.4) is 0 Å². The van der Waals surface area contributed by atoms with Crippen molar-refractivity contribution in [2.75, 3.05) is 12.3 Å². The number of hydrogen-bond acceptors (Lipinski definition) is 5. The molecule has 0 amide bonds. The molecule has 0 spiro atoms. The predicted octanol–water partition coefficient (Wildman–Crippen LogP) is 2.50. The van der Waals surface area contributed by atoms with Gasteiger partial charge in [0.05, 0.1) is 12.1 Å². The Balaban J connectivity index is 1.87. The zero-order valence-electron chi connectivity index (χ0n) is 13.4. The van der Waals surface area contributed by atoms with Crippen molar-refractivity contribution in [3.8, 4) is 28.7 Å². The quantitative estimate of drug-likeness (QED) is 0.781. The molecular formula is C16H17FN6O. The predicted molar refractivity (Wildman–Crippen MR) is 86.9 cm³/mol. The van der Waals surface area contributed by atoms with Gasteiger partial charge in [0.1, 0.15) is 29.7 Å². The van der Waals surface area contributed by atoms with E-state index in [2.05, 4.69) is 10.1 Å². The third kappa shape index (κ3) is 2.31. The molecule has 0 unspecified atom stereocenters. The summed E-state index contributed by atoms with van der Waals surface area (Å²) in [5, 5.41) is 4.23. The summed E-state index contributed by atoms with van der Waals surface area (Å²) in [4.78, 5) is 8.99. The molecule has 1 aliphatic rings. The van der Waals surface area contributed by atoms with E-state index in [0.717, 1.165) is 11.4 Å². The first kappa shape index (κ1) is 14.7. The maximum Gasteiger partial charge on any atom is 0.240 e. The van der Waals surface area contributed by atoms with Crippen LogP contribution in [0.4, 0.5) is 10.3 Å². The number of rotatable bonds is 2. The first-order valence-corrected chi connectivity index (χ1v) is 7.75. The Morgan fingerprint density at radius 1 is 1.25 bits per heavy atom. The summed E-state index contributed by atoms with van der Waals surface area (Å²) in [6, 6.07) is 4.57. The molecular weight excluding hydrogens is 311 g/mol. The monoisotopic (exact) mass is 328 g/mol. The normalized spacial score (nSPS) is 13.3. The lowest BCUT2D eigenvalue weighted by Gasteiger charge is -2.07. The van der Waals surface area contributed by atoms with Gasteiger partial charge in [0, 0.05) is 18.3 Å². The van der Waals surface area contributed by atoms with Crippen LogP contribution >= 0.6 is 0 Å². The number of halogens is 1. The van der Waals surface area contributed by atoms with E-state index in [-0.39, 0.29) is 17.8 Å². The Bertz CT molecular complexity index is 913. The topological polar surface area (TPSA) is 83.8 Å². The van der Waals surface area contributed by atoms with Gasteiger partial charge in [-0.1, -0.05) is 0 Å². The molecule has 2 aromatic heterocycles. The fourth-order valence-corrected chi connectivity index (χ4v) is 2.84. The van der Waals surface area contributed by atoms with E-state index in [4.69, 9.17) is 15.5 Å². The molecule has 0 bridgehead atoms. The van der Waals surface area contributed by atoms with E-state index in [0.29, 0.717) is 30.4 Å². The second kappa shape index (κ2) is 5.33. The summed E-state index contributed by atoms with van der Waals surface area (Å²) in [5.41, 5.74) is 7.19. The first-order valence-electron chi connectivity index (χ1n) is 7.75. The fourth-order valence-electron chi connectivity index (χ4n) is 2.84. The molecule has 1 aliphatic heterocycles. The number of aromatic nitrogens is 5. The third-order valence-electron chi connectivity index (χ3n) is 3.92. The van der Waals surface area contributed by atoms with Crippen LogP contribution in [0.2, 0.25) is 0 Å². The van der Waals surface area contributed by atoms with Gasteiger partial charge in [0.25, 0.3) is 0 Å². The van der Waals surface area contributed by atoms with Crippen LogP contribution in [-0.4, -0.2) is 30.9 Å². The molecule has 0 radical (unpaired) electrons. The Hall–Kier alpha value is -2.90. The second-order valence-corrected chi connectivity index (χ2v) is 5.96. The van der Waals surface area contributed by atoms with E-state index in [1.54, 1.807) is 10.7 Å². The van der Waals surface area contributed by atoms with E-state index < -0.39 is 0 Å². The molecule has 4 rings (SSSR count). The highest BCUT2D eigenvalue weighted by Gasteiger charge is 2.22. The summed E-state index contributed by atoms with van der Waals surface area (Å²) in [7, 11) is 0. The molecule has 8 heteroatoms. The maximum absolute atomic E-state index is 13.5. The number of ether oxygens (including phenoxy) is 1. The summed E-state index contributed by atoms with van der Waals surface area (Å²) >= 11 is 0. The van der Waals surface area contributed by atoms with Gasteiger partial charge in [-0.3, -0.25) is 0 Å². The zero-order valence-corrected chi connectivity index (χ0v) is 13.4. The van der Waals surface area contributed by atoms with Crippen molar-refractivity contribution in [2.45, 2.75) is 26.4 Å². The van der Waals surface area contributed by atoms with Crippen LogP contribution in [0.1, 0.15) is 19.9 Å². The molecule has 0 saturated heterocycles. The highest BCUT2D eigenvalue weighted by Crippen LogP contribution is 2.34. The van der Waals surface area contributed by atoms with Crippen LogP contribution in [0, 0.1) is 5.82 Å². The molecule has 0 saturated carbocycles. The van der Waals surface area contributed by atoms with Gasteiger partial charge in [-0.2, -0.15) is 4.98 Å². The van der Waals surface area contributed by atoms with E-state index in [9.17, 15) is 4.39 Å². The summed E-state index contributed by atoms with van der Waals surface area (Å²) in [5.74, 6) is 1.71. The van der Waals surface area contributed by atoms with Crippen LogP contribution in [-0.2, 0) is 6.54 Å². The summed E-state index contributed by atoms with van der Waals surface area (Å²) < 4.78 is 22.8. The minimum atomic E-state index is -0.332. The second-order valence-electron chi connectivity index (χ2n) is 5.96. The SMILES string of the molecule is CC(C)n1nc(N)nc1-c1cn2c(n1)-c1ccc(F)cc1OCC2. The van der Waals surface area contributed by atoms with Crippen LogP contribution in [0.5, 0.6) is 5.75 Å². The largest absolute Gasteiger partial charge is 0.491 e. The number of imidazole rings is 1.